The van der Waals surface area contributed by atoms with E-state index in [9.17, 15) is 15.2 Å². The van der Waals surface area contributed by atoms with Gasteiger partial charge in [-0.1, -0.05) is 36.4 Å². The van der Waals surface area contributed by atoms with Crippen molar-refractivity contribution in [2.24, 2.45) is 0 Å². The first-order valence-corrected chi connectivity index (χ1v) is 9.04. The number of allylic oxidation sites excluding steroid dienone is 2. The topological polar surface area (TPSA) is 88.4 Å². The zero-order chi connectivity index (χ0) is 19.9. The van der Waals surface area contributed by atoms with Crippen molar-refractivity contribution >= 4 is 28.7 Å². The monoisotopic (exact) mass is 378 g/mol. The number of methoxy groups -OCH3 is 1. The Morgan fingerprint density at radius 1 is 1.18 bits per heavy atom. The van der Waals surface area contributed by atoms with Gasteiger partial charge in [-0.05, 0) is 43.0 Å². The zero-order valence-electron chi connectivity index (χ0n) is 15.6. The van der Waals surface area contributed by atoms with E-state index < -0.39 is 0 Å². The average Bonchev–Trinajstić information content (AvgIpc) is 3.11. The maximum absolute atomic E-state index is 11.2. The molecule has 6 heteroatoms. The van der Waals surface area contributed by atoms with Crippen LogP contribution >= 0.6 is 0 Å². The Kier molecular flexibility index (Phi) is 6.11. The number of phenolic OH excluding ortho intramolecular Hbond substituents is 1. The third-order valence-electron chi connectivity index (χ3n) is 4.46. The van der Waals surface area contributed by atoms with E-state index in [1.807, 2.05) is 30.4 Å². The lowest BCUT2D eigenvalue weighted by Crippen LogP contribution is -1.88. The van der Waals surface area contributed by atoms with Gasteiger partial charge in [0.2, 0.25) is 0 Å². The predicted molar refractivity (Wildman–Crippen MR) is 112 cm³/mol. The SMILES string of the molecule is COc1cc(/C=C/CCC/C=C/c2c[nH]c3cccc([N+](=O)[O-])c23)ccc1O. The fourth-order valence-corrected chi connectivity index (χ4v) is 3.06. The second kappa shape index (κ2) is 8.90. The predicted octanol–water partition coefficient (Wildman–Crippen LogP) is 5.69. The Bertz CT molecular complexity index is 1030. The molecule has 6 nitrogen and oxygen atoms in total. The van der Waals surface area contributed by atoms with Gasteiger partial charge in [0.15, 0.2) is 11.5 Å². The number of H-pyrrole nitrogens is 1. The van der Waals surface area contributed by atoms with Crippen LogP contribution in [0.1, 0.15) is 30.4 Å². The molecule has 0 aliphatic carbocycles. The molecule has 144 valence electrons. The molecule has 0 saturated carbocycles. The van der Waals surface area contributed by atoms with Crippen LogP contribution in [0.15, 0.2) is 54.7 Å². The van der Waals surface area contributed by atoms with Gasteiger partial charge in [0.25, 0.3) is 5.69 Å². The Labute approximate surface area is 162 Å². The molecule has 0 fully saturated rings. The summed E-state index contributed by atoms with van der Waals surface area (Å²) >= 11 is 0. The molecule has 2 N–H and O–H groups in total. The first-order chi connectivity index (χ1) is 13.6. The molecule has 0 bridgehead atoms. The number of phenols is 1. The molecule has 0 atom stereocenters. The summed E-state index contributed by atoms with van der Waals surface area (Å²) in [5, 5.41) is 21.5. The van der Waals surface area contributed by atoms with Gasteiger partial charge in [0.1, 0.15) is 0 Å². The van der Waals surface area contributed by atoms with Crippen molar-refractivity contribution in [2.75, 3.05) is 7.11 Å². The number of aromatic hydroxyl groups is 1. The molecule has 3 rings (SSSR count). The summed E-state index contributed by atoms with van der Waals surface area (Å²) < 4.78 is 5.10. The highest BCUT2D eigenvalue weighted by molar-refractivity contribution is 5.96. The van der Waals surface area contributed by atoms with Crippen LogP contribution in [0.5, 0.6) is 11.5 Å². The number of nitro groups is 1. The van der Waals surface area contributed by atoms with E-state index in [0.717, 1.165) is 35.9 Å². The number of fused-ring (bicyclic) bond motifs is 1. The van der Waals surface area contributed by atoms with Gasteiger partial charge >= 0.3 is 0 Å². The number of aromatic amines is 1. The number of rotatable bonds is 8. The number of benzene rings is 2. The third-order valence-corrected chi connectivity index (χ3v) is 4.46. The molecule has 0 aliphatic heterocycles. The van der Waals surface area contributed by atoms with Crippen LogP contribution in [0.4, 0.5) is 5.69 Å². The van der Waals surface area contributed by atoms with E-state index in [2.05, 4.69) is 11.1 Å². The fraction of sp³-hybridized carbons (Fsp3) is 0.182. The van der Waals surface area contributed by atoms with E-state index in [-0.39, 0.29) is 16.4 Å². The summed E-state index contributed by atoms with van der Waals surface area (Å²) in [5.74, 6) is 0.584. The molecule has 0 saturated heterocycles. The molecule has 0 amide bonds. The number of nitrogens with zero attached hydrogens (tertiary/aromatic N) is 1. The van der Waals surface area contributed by atoms with E-state index in [1.165, 1.54) is 13.2 Å². The lowest BCUT2D eigenvalue weighted by molar-refractivity contribution is -0.383. The first-order valence-electron chi connectivity index (χ1n) is 9.04. The smallest absolute Gasteiger partial charge is 0.279 e. The first kappa shape index (κ1) is 19.2. The minimum Gasteiger partial charge on any atom is -0.504 e. The number of hydrogen-bond donors (Lipinski definition) is 2. The number of nitrogens with one attached hydrogen (secondary N) is 1. The number of nitro benzene ring substituents is 1. The number of ether oxygens (including phenoxy) is 1. The van der Waals surface area contributed by atoms with Crippen molar-refractivity contribution in [3.8, 4) is 11.5 Å². The van der Waals surface area contributed by atoms with Crippen molar-refractivity contribution in [1.29, 1.82) is 0 Å². The van der Waals surface area contributed by atoms with Crippen LogP contribution in [0.2, 0.25) is 0 Å². The molecular formula is C22H22N2O4. The quantitative estimate of drug-likeness (QED) is 0.299. The molecule has 0 spiro atoms. The highest BCUT2D eigenvalue weighted by atomic mass is 16.6. The van der Waals surface area contributed by atoms with Crippen LogP contribution < -0.4 is 4.74 Å². The molecule has 3 aromatic rings. The van der Waals surface area contributed by atoms with Gasteiger partial charge in [0, 0.05) is 17.8 Å². The van der Waals surface area contributed by atoms with E-state index in [0.29, 0.717) is 11.1 Å². The van der Waals surface area contributed by atoms with Crippen molar-refractivity contribution in [3.05, 3.63) is 76.0 Å². The summed E-state index contributed by atoms with van der Waals surface area (Å²) in [4.78, 5) is 14.0. The maximum Gasteiger partial charge on any atom is 0.279 e. The molecule has 1 aromatic heterocycles. The maximum atomic E-state index is 11.2. The van der Waals surface area contributed by atoms with Crippen molar-refractivity contribution in [2.45, 2.75) is 19.3 Å². The zero-order valence-corrected chi connectivity index (χ0v) is 15.6. The Hall–Kier alpha value is -3.54. The molecule has 0 unspecified atom stereocenters. The summed E-state index contributed by atoms with van der Waals surface area (Å²) in [7, 11) is 1.53. The average molecular weight is 378 g/mol. The minimum absolute atomic E-state index is 0.116. The van der Waals surface area contributed by atoms with Crippen LogP contribution in [0.3, 0.4) is 0 Å². The number of hydrogen-bond acceptors (Lipinski definition) is 4. The molecular weight excluding hydrogens is 356 g/mol. The lowest BCUT2D eigenvalue weighted by Gasteiger charge is -2.03. The second-order valence-electron chi connectivity index (χ2n) is 6.37. The molecule has 1 heterocycles. The van der Waals surface area contributed by atoms with E-state index in [1.54, 1.807) is 24.4 Å². The van der Waals surface area contributed by atoms with Crippen LogP contribution in [0, 0.1) is 10.1 Å². The third kappa shape index (κ3) is 4.40. The van der Waals surface area contributed by atoms with Gasteiger partial charge < -0.3 is 14.8 Å². The summed E-state index contributed by atoms with van der Waals surface area (Å²) in [6.07, 6.45) is 12.6. The highest BCUT2D eigenvalue weighted by Gasteiger charge is 2.14. The molecule has 0 radical (unpaired) electrons. The minimum atomic E-state index is -0.351. The highest BCUT2D eigenvalue weighted by Crippen LogP contribution is 2.29. The summed E-state index contributed by atoms with van der Waals surface area (Å²) in [6, 6.07) is 10.3. The van der Waals surface area contributed by atoms with Gasteiger partial charge in [-0.3, -0.25) is 10.1 Å². The Balaban J connectivity index is 1.55. The lowest BCUT2D eigenvalue weighted by atomic mass is 10.1. The normalized spacial score (nSPS) is 11.6. The molecule has 2 aromatic carbocycles. The van der Waals surface area contributed by atoms with Gasteiger partial charge in [0.05, 0.1) is 22.9 Å². The standard InChI is InChI=1S/C22H22N2O4/c1-28-21-14-16(12-13-20(21)25)8-5-3-2-4-6-9-17-15-23-18-10-7-11-19(22(17)18)24(26)27/h5-15,23,25H,2-4H2,1H3/b8-5+,9-6+. The van der Waals surface area contributed by atoms with Crippen LogP contribution in [-0.2, 0) is 0 Å². The second-order valence-corrected chi connectivity index (χ2v) is 6.37. The number of aromatic nitrogens is 1. The summed E-state index contributed by atoms with van der Waals surface area (Å²) in [5.41, 5.74) is 2.68. The van der Waals surface area contributed by atoms with Gasteiger partial charge in [-0.2, -0.15) is 0 Å². The summed E-state index contributed by atoms with van der Waals surface area (Å²) in [6.45, 7) is 0. The Morgan fingerprint density at radius 3 is 2.71 bits per heavy atom. The molecule has 0 aliphatic rings. The van der Waals surface area contributed by atoms with Crippen LogP contribution in [0.25, 0.3) is 23.1 Å². The van der Waals surface area contributed by atoms with Gasteiger partial charge in [-0.25, -0.2) is 0 Å². The van der Waals surface area contributed by atoms with E-state index >= 15 is 0 Å². The van der Waals surface area contributed by atoms with Crippen LogP contribution in [-0.4, -0.2) is 22.1 Å². The van der Waals surface area contributed by atoms with Crippen molar-refractivity contribution in [1.82, 2.24) is 4.98 Å². The van der Waals surface area contributed by atoms with Gasteiger partial charge in [-0.15, -0.1) is 0 Å². The van der Waals surface area contributed by atoms with Crippen molar-refractivity contribution in [3.63, 3.8) is 0 Å². The molecule has 28 heavy (non-hydrogen) atoms. The number of non-ortho nitro benzene ring substituents is 1. The Morgan fingerprint density at radius 2 is 1.96 bits per heavy atom. The van der Waals surface area contributed by atoms with Crippen molar-refractivity contribution < 1.29 is 14.8 Å². The fourth-order valence-electron chi connectivity index (χ4n) is 3.06. The van der Waals surface area contributed by atoms with E-state index in [4.69, 9.17) is 4.74 Å². The number of unbranched alkanes of at least 4 members (excludes halogenated alkanes) is 2. The largest absolute Gasteiger partial charge is 0.504 e.